The van der Waals surface area contributed by atoms with E-state index < -0.39 is 52.0 Å². The molecule has 0 spiro atoms. The quantitative estimate of drug-likeness (QED) is 0.241. The summed E-state index contributed by atoms with van der Waals surface area (Å²) in [5.74, 6) is -2.36. The third-order valence-electron chi connectivity index (χ3n) is 7.01. The van der Waals surface area contributed by atoms with Gasteiger partial charge in [-0.3, -0.25) is 0 Å². The van der Waals surface area contributed by atoms with Crippen molar-refractivity contribution in [3.05, 3.63) is 28.8 Å². The first kappa shape index (κ1) is 30.5. The van der Waals surface area contributed by atoms with Crippen molar-refractivity contribution >= 4 is 22.4 Å². The first-order valence-electron chi connectivity index (χ1n) is 13.9. The van der Waals surface area contributed by atoms with Gasteiger partial charge in [0.15, 0.2) is 5.82 Å². The lowest BCUT2D eigenvalue weighted by Gasteiger charge is -2.21. The van der Waals surface area contributed by atoms with Gasteiger partial charge in [0.2, 0.25) is 5.88 Å². The highest BCUT2D eigenvalue weighted by Gasteiger charge is 2.39. The predicted octanol–water partition coefficient (Wildman–Crippen LogP) is 6.40. The molecule has 1 saturated carbocycles. The van der Waals surface area contributed by atoms with Crippen LogP contribution in [-0.2, 0) is 6.18 Å². The van der Waals surface area contributed by atoms with Gasteiger partial charge in [-0.15, -0.1) is 0 Å². The number of nitrogen functional groups attached to an aromatic ring is 1. The standard InChI is InChI=1S/C26H29F5N6O2.C2H6/c1-12-7-8-33-9-10-34-23-17-22(36-25(37-23)39-14-5-3-4-6-14)20(28)21(35-24(17)38-12)15-11-16(32)19(27)13(2)18(15)26(29,30)31;1-2/h11-12,14,33H,3-10,32H2,1-2H3,(H,34,36,37);1-2H3. The van der Waals surface area contributed by atoms with Crippen LogP contribution in [0.3, 0.4) is 0 Å². The summed E-state index contributed by atoms with van der Waals surface area (Å²) in [5.41, 5.74) is 1.23. The largest absolute Gasteiger partial charge is 0.474 e. The van der Waals surface area contributed by atoms with E-state index >= 15 is 4.39 Å². The zero-order chi connectivity index (χ0) is 29.9. The summed E-state index contributed by atoms with van der Waals surface area (Å²) in [6, 6.07) is 0.630. The summed E-state index contributed by atoms with van der Waals surface area (Å²) in [4.78, 5) is 13.0. The Balaban J connectivity index is 0.00000189. The van der Waals surface area contributed by atoms with Crippen molar-refractivity contribution < 1.29 is 31.4 Å². The van der Waals surface area contributed by atoms with E-state index in [1.54, 1.807) is 6.92 Å². The fraction of sp³-hybridized carbons (Fsp3) is 0.536. The normalized spacial score (nSPS) is 18.1. The van der Waals surface area contributed by atoms with Gasteiger partial charge in [-0.1, -0.05) is 13.8 Å². The molecule has 224 valence electrons. The summed E-state index contributed by atoms with van der Waals surface area (Å²) < 4.78 is 85.3. The molecule has 2 aromatic heterocycles. The molecule has 0 radical (unpaired) electrons. The Labute approximate surface area is 235 Å². The Morgan fingerprint density at radius 3 is 2.39 bits per heavy atom. The molecule has 1 aliphatic carbocycles. The molecule has 1 fully saturated rings. The molecule has 3 aromatic rings. The van der Waals surface area contributed by atoms with E-state index in [0.29, 0.717) is 26.1 Å². The van der Waals surface area contributed by atoms with Gasteiger partial charge in [0.1, 0.15) is 34.3 Å². The van der Waals surface area contributed by atoms with E-state index in [1.807, 2.05) is 13.8 Å². The number of nitrogens with one attached hydrogen (secondary N) is 2. The second-order valence-electron chi connectivity index (χ2n) is 9.90. The Morgan fingerprint density at radius 2 is 1.71 bits per heavy atom. The summed E-state index contributed by atoms with van der Waals surface area (Å²) in [5, 5.41) is 6.45. The molecule has 1 unspecified atom stereocenters. The molecule has 4 N–H and O–H groups in total. The molecule has 2 aliphatic rings. The van der Waals surface area contributed by atoms with Gasteiger partial charge in [-0.05, 0) is 64.1 Å². The van der Waals surface area contributed by atoms with Crippen molar-refractivity contribution in [2.24, 2.45) is 0 Å². The van der Waals surface area contributed by atoms with Crippen molar-refractivity contribution in [1.29, 1.82) is 0 Å². The van der Waals surface area contributed by atoms with Crippen molar-refractivity contribution in [1.82, 2.24) is 20.3 Å². The zero-order valence-electron chi connectivity index (χ0n) is 23.5. The molecule has 0 amide bonds. The highest BCUT2D eigenvalue weighted by Crippen LogP contribution is 2.44. The molecular formula is C28H35F5N6O2. The number of anilines is 2. The molecule has 13 heteroatoms. The number of alkyl halides is 3. The predicted molar refractivity (Wildman–Crippen MR) is 147 cm³/mol. The van der Waals surface area contributed by atoms with Crippen LogP contribution in [0.4, 0.5) is 33.5 Å². The lowest BCUT2D eigenvalue weighted by molar-refractivity contribution is -0.137. The maximum absolute atomic E-state index is 16.3. The Kier molecular flexibility index (Phi) is 9.35. The molecule has 41 heavy (non-hydrogen) atoms. The maximum Gasteiger partial charge on any atom is 0.417 e. The van der Waals surface area contributed by atoms with Crippen LogP contribution in [0.5, 0.6) is 11.9 Å². The average Bonchev–Trinajstić information content (AvgIpc) is 3.42. The summed E-state index contributed by atoms with van der Waals surface area (Å²) >= 11 is 0. The van der Waals surface area contributed by atoms with Crippen molar-refractivity contribution in [2.45, 2.75) is 78.2 Å². The number of nitrogens with zero attached hydrogens (tertiary/aromatic N) is 3. The minimum absolute atomic E-state index is 0.0733. The molecule has 1 aromatic carbocycles. The van der Waals surface area contributed by atoms with Gasteiger partial charge < -0.3 is 25.8 Å². The minimum Gasteiger partial charge on any atom is -0.474 e. The van der Waals surface area contributed by atoms with Gasteiger partial charge in [-0.2, -0.15) is 23.1 Å². The average molecular weight is 583 g/mol. The third-order valence-corrected chi connectivity index (χ3v) is 7.01. The topological polar surface area (TPSA) is 107 Å². The van der Waals surface area contributed by atoms with Crippen LogP contribution < -0.4 is 25.8 Å². The molecule has 1 aliphatic heterocycles. The monoisotopic (exact) mass is 582 g/mol. The first-order valence-corrected chi connectivity index (χ1v) is 13.9. The highest BCUT2D eigenvalue weighted by molar-refractivity contribution is 5.96. The number of hydrogen-bond acceptors (Lipinski definition) is 8. The van der Waals surface area contributed by atoms with Crippen molar-refractivity contribution in [3.63, 3.8) is 0 Å². The fourth-order valence-electron chi connectivity index (χ4n) is 5.04. The number of benzene rings is 1. The van der Waals surface area contributed by atoms with Crippen LogP contribution in [0.2, 0.25) is 0 Å². The maximum atomic E-state index is 16.3. The van der Waals surface area contributed by atoms with E-state index in [4.69, 9.17) is 15.2 Å². The minimum atomic E-state index is -5.02. The van der Waals surface area contributed by atoms with Gasteiger partial charge in [0.25, 0.3) is 0 Å². The van der Waals surface area contributed by atoms with Crippen LogP contribution >= 0.6 is 0 Å². The molecule has 0 bridgehead atoms. The van der Waals surface area contributed by atoms with Crippen molar-refractivity contribution in [3.8, 4) is 23.1 Å². The summed E-state index contributed by atoms with van der Waals surface area (Å²) in [6.45, 7) is 8.30. The van der Waals surface area contributed by atoms with Crippen LogP contribution in [0, 0.1) is 18.6 Å². The Bertz CT molecular complexity index is 1400. The Morgan fingerprint density at radius 1 is 1.00 bits per heavy atom. The van der Waals surface area contributed by atoms with Gasteiger partial charge in [-0.25, -0.2) is 13.8 Å². The SMILES string of the molecule is CC.Cc1c(F)c(N)cc(-c2nc3c4c(nc(OC5CCCC5)nc4c2F)NCCNCCC(C)O3)c1C(F)(F)F. The lowest BCUT2D eigenvalue weighted by atomic mass is 9.96. The smallest absolute Gasteiger partial charge is 0.417 e. The van der Waals surface area contributed by atoms with Crippen LogP contribution in [0.15, 0.2) is 6.07 Å². The Hall–Kier alpha value is -3.48. The second-order valence-corrected chi connectivity index (χ2v) is 9.90. The number of ether oxygens (including phenoxy) is 2. The lowest BCUT2D eigenvalue weighted by Crippen LogP contribution is -2.26. The summed E-state index contributed by atoms with van der Waals surface area (Å²) in [6.07, 6.45) is -1.56. The number of hydrogen-bond donors (Lipinski definition) is 3. The molecule has 5 rings (SSSR count). The van der Waals surface area contributed by atoms with E-state index in [1.165, 1.54) is 0 Å². The first-order chi connectivity index (χ1) is 19.5. The summed E-state index contributed by atoms with van der Waals surface area (Å²) in [7, 11) is 0. The number of nitrogens with two attached hydrogens (primary N) is 1. The van der Waals surface area contributed by atoms with Crippen LogP contribution in [0.25, 0.3) is 22.2 Å². The molecule has 3 heterocycles. The molecule has 0 saturated heterocycles. The van der Waals surface area contributed by atoms with Crippen LogP contribution in [-0.4, -0.2) is 46.8 Å². The zero-order valence-corrected chi connectivity index (χ0v) is 23.5. The molecular weight excluding hydrogens is 547 g/mol. The molecule has 8 nitrogen and oxygen atoms in total. The van der Waals surface area contributed by atoms with Gasteiger partial charge >= 0.3 is 12.2 Å². The van der Waals surface area contributed by atoms with E-state index in [0.717, 1.165) is 38.7 Å². The van der Waals surface area contributed by atoms with Crippen LogP contribution in [0.1, 0.15) is 64.0 Å². The highest BCUT2D eigenvalue weighted by atomic mass is 19.4. The molecule has 1 atom stereocenters. The van der Waals surface area contributed by atoms with Gasteiger partial charge in [0, 0.05) is 18.7 Å². The number of halogens is 5. The van der Waals surface area contributed by atoms with E-state index in [2.05, 4.69) is 25.6 Å². The van der Waals surface area contributed by atoms with Gasteiger partial charge in [0.05, 0.1) is 17.4 Å². The van der Waals surface area contributed by atoms with E-state index in [-0.39, 0.29) is 34.7 Å². The third kappa shape index (κ3) is 6.39. The second kappa shape index (κ2) is 12.6. The van der Waals surface area contributed by atoms with Crippen molar-refractivity contribution in [2.75, 3.05) is 30.7 Å². The number of pyridine rings is 1. The number of rotatable bonds is 3. The fourth-order valence-corrected chi connectivity index (χ4v) is 5.04. The van der Waals surface area contributed by atoms with E-state index in [9.17, 15) is 17.6 Å². The number of aromatic nitrogens is 3.